The number of anilines is 2. The van der Waals surface area contributed by atoms with Crippen LogP contribution in [0.15, 0.2) is 48.7 Å². The highest BCUT2D eigenvalue weighted by Crippen LogP contribution is 2.33. The number of fused-ring (bicyclic) bond motifs is 1. The van der Waals surface area contributed by atoms with Crippen LogP contribution in [0.1, 0.15) is 27.2 Å². The quantitative estimate of drug-likeness (QED) is 0.541. The molecule has 0 bridgehead atoms. The highest BCUT2D eigenvalue weighted by atomic mass is 35.5. The number of carbonyl (C=O) groups is 2. The monoisotopic (exact) mass is 455 g/mol. The number of esters is 1. The third kappa shape index (κ3) is 4.22. The van der Waals surface area contributed by atoms with Gasteiger partial charge in [-0.15, -0.1) is 0 Å². The van der Waals surface area contributed by atoms with E-state index in [-0.39, 0.29) is 23.4 Å². The van der Waals surface area contributed by atoms with E-state index < -0.39 is 11.8 Å². The molecule has 2 aromatic carbocycles. The Hall–Kier alpha value is -3.65. The van der Waals surface area contributed by atoms with Gasteiger partial charge in [-0.1, -0.05) is 23.7 Å². The predicted molar refractivity (Wildman–Crippen MR) is 118 cm³/mol. The van der Waals surface area contributed by atoms with E-state index >= 15 is 0 Å². The molecule has 7 nitrogen and oxygen atoms in total. The van der Waals surface area contributed by atoms with Crippen molar-refractivity contribution in [1.29, 1.82) is 0 Å². The Labute approximate surface area is 188 Å². The SMILES string of the molecule is COC(=O)c1ccc2c(c1)NC(=O)N(c1cc(OCc3nccc(Cl)c3F)ccc1C)C2. The first kappa shape index (κ1) is 21.6. The Morgan fingerprint density at radius 3 is 2.84 bits per heavy atom. The van der Waals surface area contributed by atoms with Gasteiger partial charge < -0.3 is 14.8 Å². The molecule has 1 N–H and O–H groups in total. The van der Waals surface area contributed by atoms with E-state index in [0.717, 1.165) is 11.1 Å². The van der Waals surface area contributed by atoms with E-state index in [4.69, 9.17) is 21.1 Å². The summed E-state index contributed by atoms with van der Waals surface area (Å²) in [5, 5.41) is 2.78. The second kappa shape index (κ2) is 8.84. The lowest BCUT2D eigenvalue weighted by Crippen LogP contribution is -2.39. The van der Waals surface area contributed by atoms with Crippen molar-refractivity contribution in [2.45, 2.75) is 20.1 Å². The number of pyridine rings is 1. The van der Waals surface area contributed by atoms with Crippen molar-refractivity contribution in [3.63, 3.8) is 0 Å². The summed E-state index contributed by atoms with van der Waals surface area (Å²) in [4.78, 5) is 30.1. The fraction of sp³-hybridized carbons (Fsp3) is 0.174. The largest absolute Gasteiger partial charge is 0.487 e. The van der Waals surface area contributed by atoms with Crippen molar-refractivity contribution >= 4 is 35.0 Å². The smallest absolute Gasteiger partial charge is 0.337 e. The number of rotatable bonds is 5. The minimum Gasteiger partial charge on any atom is -0.487 e. The molecule has 164 valence electrons. The van der Waals surface area contributed by atoms with E-state index in [1.807, 2.05) is 13.0 Å². The molecule has 1 aromatic heterocycles. The number of urea groups is 1. The normalized spacial score (nSPS) is 12.8. The average molecular weight is 456 g/mol. The number of halogens is 2. The topological polar surface area (TPSA) is 80.8 Å². The fourth-order valence-electron chi connectivity index (χ4n) is 3.38. The van der Waals surface area contributed by atoms with Crippen molar-refractivity contribution in [3.8, 4) is 5.75 Å². The number of methoxy groups -OCH3 is 1. The van der Waals surface area contributed by atoms with Gasteiger partial charge in [-0.25, -0.2) is 14.0 Å². The Balaban J connectivity index is 1.56. The van der Waals surface area contributed by atoms with Crippen LogP contribution in [-0.4, -0.2) is 24.1 Å². The molecule has 0 fully saturated rings. The molecule has 3 aromatic rings. The molecule has 0 unspecified atom stereocenters. The van der Waals surface area contributed by atoms with Crippen molar-refractivity contribution in [2.75, 3.05) is 17.3 Å². The number of amides is 2. The lowest BCUT2D eigenvalue weighted by molar-refractivity contribution is 0.0600. The minimum absolute atomic E-state index is 0.0257. The molecule has 0 spiro atoms. The number of aryl methyl sites for hydroxylation is 1. The lowest BCUT2D eigenvalue weighted by atomic mass is 10.1. The van der Waals surface area contributed by atoms with Gasteiger partial charge in [0.05, 0.1) is 29.9 Å². The highest BCUT2D eigenvalue weighted by Gasteiger charge is 2.26. The van der Waals surface area contributed by atoms with Gasteiger partial charge in [-0.3, -0.25) is 9.88 Å². The minimum atomic E-state index is -0.625. The van der Waals surface area contributed by atoms with Crippen molar-refractivity contribution in [3.05, 3.63) is 81.9 Å². The molecule has 0 saturated heterocycles. The molecule has 1 aliphatic heterocycles. The molecular formula is C23H19ClFN3O4. The van der Waals surface area contributed by atoms with Crippen LogP contribution in [0.2, 0.25) is 5.02 Å². The van der Waals surface area contributed by atoms with E-state index in [0.29, 0.717) is 29.2 Å². The third-order valence-electron chi connectivity index (χ3n) is 5.11. The second-order valence-electron chi connectivity index (χ2n) is 7.17. The molecule has 0 saturated carbocycles. The van der Waals surface area contributed by atoms with Crippen LogP contribution in [0.25, 0.3) is 0 Å². The summed E-state index contributed by atoms with van der Waals surface area (Å²) < 4.78 is 24.5. The number of aromatic nitrogens is 1. The van der Waals surface area contributed by atoms with Gasteiger partial charge in [0.25, 0.3) is 0 Å². The number of carbonyl (C=O) groups excluding carboxylic acids is 2. The predicted octanol–water partition coefficient (Wildman–Crippen LogP) is 5.10. The number of nitrogens with one attached hydrogen (secondary N) is 1. The lowest BCUT2D eigenvalue weighted by Gasteiger charge is -2.31. The summed E-state index contributed by atoms with van der Waals surface area (Å²) in [7, 11) is 1.30. The first-order valence-corrected chi connectivity index (χ1v) is 10.1. The number of ether oxygens (including phenoxy) is 2. The molecule has 4 rings (SSSR count). The number of hydrogen-bond donors (Lipinski definition) is 1. The zero-order valence-corrected chi connectivity index (χ0v) is 18.1. The molecule has 0 atom stereocenters. The maximum Gasteiger partial charge on any atom is 0.337 e. The zero-order chi connectivity index (χ0) is 22.8. The number of benzene rings is 2. The second-order valence-corrected chi connectivity index (χ2v) is 7.58. The van der Waals surface area contributed by atoms with Crippen LogP contribution >= 0.6 is 11.6 Å². The van der Waals surface area contributed by atoms with E-state index in [2.05, 4.69) is 10.3 Å². The molecule has 9 heteroatoms. The van der Waals surface area contributed by atoms with Gasteiger partial charge in [-0.05, 0) is 42.3 Å². The molecule has 0 radical (unpaired) electrons. The highest BCUT2D eigenvalue weighted by molar-refractivity contribution is 6.30. The Bertz CT molecular complexity index is 1220. The average Bonchev–Trinajstić information content (AvgIpc) is 2.79. The Morgan fingerprint density at radius 1 is 1.25 bits per heavy atom. The first-order valence-electron chi connectivity index (χ1n) is 9.69. The summed E-state index contributed by atoms with van der Waals surface area (Å²) >= 11 is 5.79. The van der Waals surface area contributed by atoms with Crippen LogP contribution in [0.5, 0.6) is 5.75 Å². The summed E-state index contributed by atoms with van der Waals surface area (Å²) in [6.45, 7) is 2.07. The van der Waals surface area contributed by atoms with Crippen LogP contribution in [0, 0.1) is 12.7 Å². The van der Waals surface area contributed by atoms with Gasteiger partial charge in [-0.2, -0.15) is 0 Å². The van der Waals surface area contributed by atoms with Crippen molar-refractivity contribution < 1.29 is 23.5 Å². The van der Waals surface area contributed by atoms with Crippen LogP contribution in [0.4, 0.5) is 20.6 Å². The van der Waals surface area contributed by atoms with Gasteiger partial charge in [0.15, 0.2) is 5.82 Å². The molecule has 32 heavy (non-hydrogen) atoms. The van der Waals surface area contributed by atoms with E-state index in [1.165, 1.54) is 19.4 Å². The molecule has 2 heterocycles. The summed E-state index contributed by atoms with van der Waals surface area (Å²) in [6, 6.07) is 11.3. The third-order valence-corrected chi connectivity index (χ3v) is 5.40. The van der Waals surface area contributed by atoms with E-state index in [1.54, 1.807) is 35.2 Å². The van der Waals surface area contributed by atoms with Crippen LogP contribution in [-0.2, 0) is 17.9 Å². The molecule has 0 aliphatic carbocycles. The van der Waals surface area contributed by atoms with Gasteiger partial charge in [0, 0.05) is 18.0 Å². The van der Waals surface area contributed by atoms with Crippen LogP contribution < -0.4 is 15.0 Å². The Kier molecular flexibility index (Phi) is 5.96. The van der Waals surface area contributed by atoms with Gasteiger partial charge in [0.2, 0.25) is 0 Å². The maximum absolute atomic E-state index is 14.1. The fourth-order valence-corrected chi connectivity index (χ4v) is 3.54. The summed E-state index contributed by atoms with van der Waals surface area (Å²) in [5.74, 6) is -0.651. The Morgan fingerprint density at radius 2 is 2.06 bits per heavy atom. The maximum atomic E-state index is 14.1. The van der Waals surface area contributed by atoms with E-state index in [9.17, 15) is 14.0 Å². The molecule has 2 amide bonds. The molecular weight excluding hydrogens is 437 g/mol. The number of hydrogen-bond acceptors (Lipinski definition) is 5. The number of nitrogens with zero attached hydrogens (tertiary/aromatic N) is 2. The van der Waals surface area contributed by atoms with Crippen LogP contribution in [0.3, 0.4) is 0 Å². The summed E-state index contributed by atoms with van der Waals surface area (Å²) in [6.07, 6.45) is 1.41. The molecule has 1 aliphatic rings. The summed E-state index contributed by atoms with van der Waals surface area (Å²) in [5.41, 5.74) is 3.34. The van der Waals surface area contributed by atoms with Crippen molar-refractivity contribution in [2.24, 2.45) is 0 Å². The van der Waals surface area contributed by atoms with Crippen molar-refractivity contribution in [1.82, 2.24) is 4.98 Å². The standard InChI is InChI=1S/C23H19ClFN3O4/c1-13-3-6-16(32-12-19-21(25)17(24)7-8-26-19)10-20(13)28-11-15-5-4-14(22(29)31-2)9-18(15)27-23(28)30/h3-10H,11-12H2,1-2H3,(H,27,30). The van der Waals surface area contributed by atoms with Gasteiger partial charge in [0.1, 0.15) is 18.1 Å². The zero-order valence-electron chi connectivity index (χ0n) is 17.3. The first-order chi connectivity index (χ1) is 15.4. The van der Waals surface area contributed by atoms with Gasteiger partial charge >= 0.3 is 12.0 Å².